The number of anilines is 1. The van der Waals surface area contributed by atoms with Gasteiger partial charge in [-0.05, 0) is 18.1 Å². The first-order valence-corrected chi connectivity index (χ1v) is 12.0. The highest BCUT2D eigenvalue weighted by atomic mass is 127. The molecule has 2 N–H and O–H groups in total. The number of rotatable bonds is 5. The van der Waals surface area contributed by atoms with E-state index in [1.165, 1.54) is 15.2 Å². The maximum atomic E-state index is 14.1. The number of hydrogen-bond donors (Lipinski definition) is 2. The average Bonchev–Trinajstić information content (AvgIpc) is 3.04. The summed E-state index contributed by atoms with van der Waals surface area (Å²) in [6.07, 6.45) is 2.78. The van der Waals surface area contributed by atoms with Crippen LogP contribution in [0, 0.1) is 28.9 Å². The zero-order valence-corrected chi connectivity index (χ0v) is 19.1. The number of pyridine rings is 2. The van der Waals surface area contributed by atoms with Gasteiger partial charge in [-0.2, -0.15) is 5.26 Å². The van der Waals surface area contributed by atoms with Gasteiger partial charge in [0.25, 0.3) is 0 Å². The lowest BCUT2D eigenvalue weighted by atomic mass is 10.1. The molecule has 0 aliphatic carbocycles. The number of nitriles is 1. The zero-order valence-electron chi connectivity index (χ0n) is 16.1. The Balaban J connectivity index is 0.000000687. The second-order valence-corrected chi connectivity index (χ2v) is 8.38. The van der Waals surface area contributed by atoms with Crippen LogP contribution in [0.3, 0.4) is 0 Å². The smallest absolute Gasteiger partial charge is 0.166 e. The van der Waals surface area contributed by atoms with Crippen LogP contribution >= 0.6 is 30.3 Å². The molecule has 0 radical (unpaired) electrons. The van der Waals surface area contributed by atoms with Crippen molar-refractivity contribution in [3.63, 3.8) is 0 Å². The number of nitrogens with one attached hydrogen (secondary N) is 1. The van der Waals surface area contributed by atoms with Crippen LogP contribution in [0.5, 0.6) is 0 Å². The van der Waals surface area contributed by atoms with Crippen molar-refractivity contribution in [2.45, 2.75) is 20.8 Å². The summed E-state index contributed by atoms with van der Waals surface area (Å²) in [6.45, 7) is 6.41. The van der Waals surface area contributed by atoms with Crippen molar-refractivity contribution in [3.8, 4) is 17.3 Å². The monoisotopic (exact) mass is 531 g/mol. The third-order valence-electron chi connectivity index (χ3n) is 3.41. The normalized spacial score (nSPS) is 10.6. The highest BCUT2D eigenvalue weighted by Crippen LogP contribution is 2.35. The van der Waals surface area contributed by atoms with Gasteiger partial charge in [0.1, 0.15) is 11.9 Å². The van der Waals surface area contributed by atoms with Gasteiger partial charge in [-0.1, -0.05) is 20.8 Å². The Hall–Kier alpha value is -1.97. The number of aliphatic hydroxyl groups excluding tert-OH is 1. The standard InChI is InChI=1S/C15H10F2IN5OS.C4H10/c16-9-4-10-11(7-23(25-18)15(10)21-6-9)13-8(5-19)3-12(17)14(22-13)20-1-2-24;1-4(2)3/h3-4,6-7,24H,1-2H2,(H,20,22);4H,1-3H3. The molecular weight excluding hydrogens is 511 g/mol. The van der Waals surface area contributed by atoms with E-state index >= 15 is 0 Å². The summed E-state index contributed by atoms with van der Waals surface area (Å²) in [4.78, 5) is 8.25. The van der Waals surface area contributed by atoms with Gasteiger partial charge < -0.3 is 10.4 Å². The van der Waals surface area contributed by atoms with Crippen LogP contribution in [0.4, 0.5) is 14.6 Å². The molecule has 0 aromatic carbocycles. The van der Waals surface area contributed by atoms with E-state index in [-0.39, 0.29) is 30.2 Å². The minimum Gasteiger partial charge on any atom is -0.395 e. The van der Waals surface area contributed by atoms with Crippen LogP contribution in [0.1, 0.15) is 26.3 Å². The lowest BCUT2D eigenvalue weighted by Crippen LogP contribution is -2.09. The Labute approximate surface area is 184 Å². The quantitative estimate of drug-likeness (QED) is 0.443. The maximum Gasteiger partial charge on any atom is 0.166 e. The Morgan fingerprint density at radius 3 is 2.62 bits per heavy atom. The highest BCUT2D eigenvalue weighted by molar-refractivity contribution is 14.2. The first kappa shape index (κ1) is 23.3. The van der Waals surface area contributed by atoms with Gasteiger partial charge in [0.15, 0.2) is 17.3 Å². The third-order valence-corrected chi connectivity index (χ3v) is 5.11. The molecule has 3 rings (SSSR count). The summed E-state index contributed by atoms with van der Waals surface area (Å²) in [7, 11) is 1.32. The molecule has 154 valence electrons. The lowest BCUT2D eigenvalue weighted by Gasteiger charge is -2.09. The van der Waals surface area contributed by atoms with E-state index < -0.39 is 11.6 Å². The van der Waals surface area contributed by atoms with E-state index in [0.717, 1.165) is 18.2 Å². The lowest BCUT2D eigenvalue weighted by molar-refractivity contribution is 0.310. The van der Waals surface area contributed by atoms with Gasteiger partial charge in [-0.25, -0.2) is 18.7 Å². The van der Waals surface area contributed by atoms with Crippen molar-refractivity contribution in [3.05, 3.63) is 41.7 Å². The molecule has 3 aromatic heterocycles. The molecular formula is C19H20F2IN5OS. The first-order valence-electron chi connectivity index (χ1n) is 8.73. The Kier molecular flexibility index (Phi) is 8.60. The molecule has 0 saturated carbocycles. The highest BCUT2D eigenvalue weighted by Gasteiger charge is 2.19. The Morgan fingerprint density at radius 1 is 1.34 bits per heavy atom. The molecule has 0 fully saturated rings. The molecule has 0 atom stereocenters. The number of aromatic nitrogens is 3. The van der Waals surface area contributed by atoms with Crippen molar-refractivity contribution >= 4 is 47.2 Å². The largest absolute Gasteiger partial charge is 0.395 e. The number of halogens is 3. The molecule has 0 aliphatic rings. The van der Waals surface area contributed by atoms with E-state index in [1.807, 2.05) is 6.07 Å². The molecule has 0 spiro atoms. The topological polar surface area (TPSA) is 86.8 Å². The molecule has 0 amide bonds. The summed E-state index contributed by atoms with van der Waals surface area (Å²) in [6, 6.07) is 4.28. The number of aliphatic hydroxyl groups is 1. The molecule has 3 aromatic rings. The molecule has 3 heterocycles. The van der Waals surface area contributed by atoms with Crippen molar-refractivity contribution in [2.75, 3.05) is 18.5 Å². The van der Waals surface area contributed by atoms with Crippen LogP contribution in [0.2, 0.25) is 0 Å². The fourth-order valence-corrected chi connectivity index (χ4v) is 3.63. The second-order valence-electron chi connectivity index (χ2n) is 6.67. The van der Waals surface area contributed by atoms with Gasteiger partial charge in [0.05, 0.1) is 24.1 Å². The van der Waals surface area contributed by atoms with E-state index in [1.54, 1.807) is 10.2 Å². The minimum atomic E-state index is -0.704. The van der Waals surface area contributed by atoms with Gasteiger partial charge in [0, 0.05) is 54.0 Å². The Morgan fingerprint density at radius 2 is 2.03 bits per heavy atom. The summed E-state index contributed by atoms with van der Waals surface area (Å²) in [5.41, 5.74) is 1.21. The van der Waals surface area contributed by atoms with Crippen LogP contribution in [0.15, 0.2) is 24.5 Å². The molecule has 10 heteroatoms. The number of fused-ring (bicyclic) bond motifs is 1. The van der Waals surface area contributed by atoms with Crippen molar-refractivity contribution in [1.29, 1.82) is 5.26 Å². The molecule has 0 aliphatic heterocycles. The maximum absolute atomic E-state index is 14.1. The van der Waals surface area contributed by atoms with Crippen LogP contribution in [-0.4, -0.2) is 32.2 Å². The summed E-state index contributed by atoms with van der Waals surface area (Å²) in [5, 5.41) is 21.4. The predicted octanol–water partition coefficient (Wildman–Crippen LogP) is 5.16. The SMILES string of the molecule is CC(C)C.N#Cc1cc(F)c(NCCO)nc1-c1cn(SI)c2ncc(F)cc12. The van der Waals surface area contributed by atoms with Gasteiger partial charge in [0.2, 0.25) is 0 Å². The zero-order chi connectivity index (χ0) is 21.6. The van der Waals surface area contributed by atoms with E-state index in [9.17, 15) is 14.0 Å². The van der Waals surface area contributed by atoms with Crippen molar-refractivity contribution in [2.24, 2.45) is 5.92 Å². The number of nitrogens with zero attached hydrogens (tertiary/aromatic N) is 4. The molecule has 0 unspecified atom stereocenters. The molecule has 0 bridgehead atoms. The van der Waals surface area contributed by atoms with E-state index in [0.29, 0.717) is 16.6 Å². The third kappa shape index (κ3) is 5.77. The predicted molar refractivity (Wildman–Crippen MR) is 121 cm³/mol. The molecule has 0 saturated heterocycles. The average molecular weight is 531 g/mol. The van der Waals surface area contributed by atoms with Crippen LogP contribution in [-0.2, 0) is 0 Å². The fourth-order valence-electron chi connectivity index (χ4n) is 2.37. The summed E-state index contributed by atoms with van der Waals surface area (Å²) in [5.74, 6) is -0.482. The number of hydrogen-bond acceptors (Lipinski definition) is 6. The van der Waals surface area contributed by atoms with E-state index in [2.05, 4.69) is 57.3 Å². The minimum absolute atomic E-state index is 0.0221. The second kappa shape index (κ2) is 10.7. The van der Waals surface area contributed by atoms with Crippen LogP contribution < -0.4 is 5.32 Å². The van der Waals surface area contributed by atoms with Crippen LogP contribution in [0.25, 0.3) is 22.3 Å². The van der Waals surface area contributed by atoms with Crippen molar-refractivity contribution in [1.82, 2.24) is 13.9 Å². The van der Waals surface area contributed by atoms with Gasteiger partial charge in [-0.15, -0.1) is 0 Å². The molecule has 6 nitrogen and oxygen atoms in total. The first-order chi connectivity index (χ1) is 13.8. The van der Waals surface area contributed by atoms with Gasteiger partial charge >= 0.3 is 0 Å². The Bertz CT molecular complexity index is 1030. The van der Waals surface area contributed by atoms with E-state index in [4.69, 9.17) is 5.11 Å². The summed E-state index contributed by atoms with van der Waals surface area (Å²) >= 11 is 2.05. The fraction of sp³-hybridized carbons (Fsp3) is 0.316. The van der Waals surface area contributed by atoms with Crippen molar-refractivity contribution < 1.29 is 13.9 Å². The molecule has 29 heavy (non-hydrogen) atoms. The van der Waals surface area contributed by atoms with Gasteiger partial charge in [-0.3, -0.25) is 3.97 Å². The summed E-state index contributed by atoms with van der Waals surface area (Å²) < 4.78 is 29.4.